The van der Waals surface area contributed by atoms with E-state index in [4.69, 9.17) is 4.98 Å². The van der Waals surface area contributed by atoms with Crippen molar-refractivity contribution < 1.29 is 5.11 Å². The van der Waals surface area contributed by atoms with Crippen LogP contribution in [0.2, 0.25) is 0 Å². The van der Waals surface area contributed by atoms with E-state index in [1.54, 1.807) is 13.8 Å². The zero-order valence-electron chi connectivity index (χ0n) is 16.3. The van der Waals surface area contributed by atoms with E-state index < -0.39 is 5.60 Å². The number of hydrogen-bond donors (Lipinski definition) is 1. The summed E-state index contributed by atoms with van der Waals surface area (Å²) < 4.78 is 4.12. The Morgan fingerprint density at radius 2 is 1.75 bits per heavy atom. The van der Waals surface area contributed by atoms with Crippen molar-refractivity contribution in [1.29, 1.82) is 0 Å². The van der Waals surface area contributed by atoms with Gasteiger partial charge in [-0.1, -0.05) is 36.4 Å². The Morgan fingerprint density at radius 1 is 1.00 bits per heavy atom. The van der Waals surface area contributed by atoms with Crippen molar-refractivity contribution in [3.05, 3.63) is 72.1 Å². The summed E-state index contributed by atoms with van der Waals surface area (Å²) in [4.78, 5) is 4.98. The van der Waals surface area contributed by atoms with Gasteiger partial charge < -0.3 is 9.67 Å². The maximum absolute atomic E-state index is 10.5. The Labute approximate surface area is 163 Å². The summed E-state index contributed by atoms with van der Waals surface area (Å²) in [6.45, 7) is 3.54. The number of rotatable bonds is 4. The maximum Gasteiger partial charge on any atom is 0.166 e. The molecule has 28 heavy (non-hydrogen) atoms. The molecule has 1 fully saturated rings. The topological polar surface area (TPSA) is 68.2 Å². The predicted molar refractivity (Wildman–Crippen MR) is 107 cm³/mol. The van der Waals surface area contributed by atoms with Gasteiger partial charge >= 0.3 is 0 Å². The molecule has 142 valence electrons. The number of nitrogens with zero attached hydrogens (tertiary/aromatic N) is 5. The molecule has 6 nitrogen and oxygen atoms in total. The highest BCUT2D eigenvalue weighted by Gasteiger charge is 2.53. The van der Waals surface area contributed by atoms with Crippen molar-refractivity contribution in [2.45, 2.75) is 37.7 Å². The molecule has 1 aliphatic carbocycles. The number of hydrogen-bond acceptors (Lipinski definition) is 4. The Morgan fingerprint density at radius 3 is 2.43 bits per heavy atom. The second kappa shape index (κ2) is 5.75. The van der Waals surface area contributed by atoms with E-state index in [0.717, 1.165) is 41.3 Å². The summed E-state index contributed by atoms with van der Waals surface area (Å²) in [7, 11) is 2.04. The van der Waals surface area contributed by atoms with E-state index in [0.29, 0.717) is 5.65 Å². The SMILES string of the molecule is Cn1cc(-c2ccccc2)nc1C1(c2nnc3c(C(C)(C)O)cccn23)CC1. The number of aliphatic hydroxyl groups is 1. The molecule has 0 radical (unpaired) electrons. The van der Waals surface area contributed by atoms with E-state index in [1.165, 1.54) is 0 Å². The summed E-state index contributed by atoms with van der Waals surface area (Å²) >= 11 is 0. The van der Waals surface area contributed by atoms with E-state index in [9.17, 15) is 5.11 Å². The van der Waals surface area contributed by atoms with Gasteiger partial charge in [0.2, 0.25) is 0 Å². The first kappa shape index (κ1) is 17.1. The molecule has 0 aliphatic heterocycles. The summed E-state index contributed by atoms with van der Waals surface area (Å²) in [5, 5.41) is 19.5. The van der Waals surface area contributed by atoms with Gasteiger partial charge in [-0.15, -0.1) is 10.2 Å². The van der Waals surface area contributed by atoms with Crippen LogP contribution in [0.1, 0.15) is 43.9 Å². The fraction of sp³-hybridized carbons (Fsp3) is 0.318. The molecule has 6 heteroatoms. The minimum atomic E-state index is -0.979. The average Bonchev–Trinajstić information content (AvgIpc) is 3.18. The number of pyridine rings is 1. The Hall–Kier alpha value is -2.99. The maximum atomic E-state index is 10.5. The number of aryl methyl sites for hydroxylation is 1. The molecular weight excluding hydrogens is 350 g/mol. The van der Waals surface area contributed by atoms with Crippen LogP contribution >= 0.6 is 0 Å². The van der Waals surface area contributed by atoms with Crippen LogP contribution in [0.5, 0.6) is 0 Å². The lowest BCUT2D eigenvalue weighted by Gasteiger charge is -2.18. The molecule has 1 saturated carbocycles. The molecule has 0 amide bonds. The summed E-state index contributed by atoms with van der Waals surface area (Å²) in [5.74, 6) is 1.90. The van der Waals surface area contributed by atoms with E-state index in [2.05, 4.69) is 33.1 Å². The molecule has 0 unspecified atom stereocenters. The molecule has 3 heterocycles. The molecule has 3 aromatic heterocycles. The van der Waals surface area contributed by atoms with Crippen LogP contribution in [-0.2, 0) is 18.1 Å². The minimum Gasteiger partial charge on any atom is -0.386 e. The molecule has 1 aromatic carbocycles. The van der Waals surface area contributed by atoms with Gasteiger partial charge in [-0.2, -0.15) is 0 Å². The Bertz CT molecular complexity index is 1160. The molecule has 1 aliphatic rings. The van der Waals surface area contributed by atoms with Crippen LogP contribution in [0.4, 0.5) is 0 Å². The van der Waals surface area contributed by atoms with Gasteiger partial charge in [0.15, 0.2) is 11.5 Å². The Balaban J connectivity index is 1.64. The van der Waals surface area contributed by atoms with E-state index >= 15 is 0 Å². The normalized spacial score (nSPS) is 15.9. The lowest BCUT2D eigenvalue weighted by Crippen LogP contribution is -2.20. The van der Waals surface area contributed by atoms with Crippen LogP contribution in [0.15, 0.2) is 54.9 Å². The lowest BCUT2D eigenvalue weighted by atomic mass is 9.99. The second-order valence-corrected chi connectivity index (χ2v) is 8.21. The van der Waals surface area contributed by atoms with Gasteiger partial charge in [-0.05, 0) is 32.8 Å². The van der Waals surface area contributed by atoms with Gasteiger partial charge in [-0.25, -0.2) is 4.98 Å². The van der Waals surface area contributed by atoms with E-state index in [1.807, 2.05) is 48.0 Å². The van der Waals surface area contributed by atoms with Gasteiger partial charge in [0.25, 0.3) is 0 Å². The monoisotopic (exact) mass is 373 g/mol. The van der Waals surface area contributed by atoms with E-state index in [-0.39, 0.29) is 5.41 Å². The third-order valence-corrected chi connectivity index (χ3v) is 5.65. The number of fused-ring (bicyclic) bond motifs is 1. The molecular formula is C22H23N5O. The fourth-order valence-corrected chi connectivity index (χ4v) is 4.05. The Kier molecular flexibility index (Phi) is 3.52. The summed E-state index contributed by atoms with van der Waals surface area (Å²) in [5.41, 5.74) is 2.33. The first-order chi connectivity index (χ1) is 13.4. The highest BCUT2D eigenvalue weighted by Crippen LogP contribution is 2.52. The van der Waals surface area contributed by atoms with Crippen LogP contribution < -0.4 is 0 Å². The molecule has 5 rings (SSSR count). The smallest absolute Gasteiger partial charge is 0.166 e. The predicted octanol–water partition coefficient (Wildman–Crippen LogP) is 3.44. The fourth-order valence-electron chi connectivity index (χ4n) is 4.05. The zero-order chi connectivity index (χ0) is 19.5. The molecule has 0 spiro atoms. The van der Waals surface area contributed by atoms with Gasteiger partial charge in [0, 0.05) is 30.6 Å². The minimum absolute atomic E-state index is 0.237. The van der Waals surface area contributed by atoms with Crippen molar-refractivity contribution in [3.8, 4) is 11.3 Å². The zero-order valence-corrected chi connectivity index (χ0v) is 16.3. The quantitative estimate of drug-likeness (QED) is 0.595. The van der Waals surface area contributed by atoms with Crippen LogP contribution in [0.25, 0.3) is 16.9 Å². The average molecular weight is 373 g/mol. The van der Waals surface area contributed by atoms with Gasteiger partial charge in [0.1, 0.15) is 5.82 Å². The van der Waals surface area contributed by atoms with Crippen LogP contribution in [-0.4, -0.2) is 29.3 Å². The number of benzene rings is 1. The van der Waals surface area contributed by atoms with Crippen molar-refractivity contribution in [2.75, 3.05) is 0 Å². The molecule has 0 saturated heterocycles. The van der Waals surface area contributed by atoms with Crippen molar-refractivity contribution in [2.24, 2.45) is 7.05 Å². The molecule has 0 atom stereocenters. The molecule has 0 bridgehead atoms. The second-order valence-electron chi connectivity index (χ2n) is 8.21. The first-order valence-corrected chi connectivity index (χ1v) is 9.56. The number of aromatic nitrogens is 5. The number of imidazole rings is 1. The highest BCUT2D eigenvalue weighted by molar-refractivity contribution is 5.59. The third-order valence-electron chi connectivity index (χ3n) is 5.65. The van der Waals surface area contributed by atoms with Crippen LogP contribution in [0.3, 0.4) is 0 Å². The largest absolute Gasteiger partial charge is 0.386 e. The van der Waals surface area contributed by atoms with Crippen LogP contribution in [0, 0.1) is 0 Å². The highest BCUT2D eigenvalue weighted by atomic mass is 16.3. The molecule has 4 aromatic rings. The van der Waals surface area contributed by atoms with Crippen molar-refractivity contribution in [1.82, 2.24) is 24.1 Å². The lowest BCUT2D eigenvalue weighted by molar-refractivity contribution is 0.0796. The van der Waals surface area contributed by atoms with Gasteiger partial charge in [-0.3, -0.25) is 4.40 Å². The van der Waals surface area contributed by atoms with Crippen molar-refractivity contribution in [3.63, 3.8) is 0 Å². The van der Waals surface area contributed by atoms with Crippen molar-refractivity contribution >= 4 is 5.65 Å². The summed E-state index contributed by atoms with van der Waals surface area (Å²) in [6, 6.07) is 14.1. The molecule has 1 N–H and O–H groups in total. The standard InChI is InChI=1S/C22H23N5O/c1-21(2,28)16-10-7-13-27-18(16)24-25-20(27)22(11-12-22)19-23-17(14-26(19)3)15-8-5-4-6-9-15/h4-10,13-14,28H,11-12H2,1-3H3. The summed E-state index contributed by atoms with van der Waals surface area (Å²) in [6.07, 6.45) is 6.02. The third kappa shape index (κ3) is 2.48. The van der Waals surface area contributed by atoms with Gasteiger partial charge in [0.05, 0.1) is 16.7 Å². The first-order valence-electron chi connectivity index (χ1n) is 9.56.